The quantitative estimate of drug-likeness (QED) is 0.455. The van der Waals surface area contributed by atoms with E-state index in [1.165, 1.54) is 5.56 Å². The second kappa shape index (κ2) is 3.20. The Morgan fingerprint density at radius 2 is 1.62 bits per heavy atom. The maximum Gasteiger partial charge on any atom is 0.0938 e. The van der Waals surface area contributed by atoms with Crippen molar-refractivity contribution in [2.45, 2.75) is 6.92 Å². The van der Waals surface area contributed by atoms with Crippen LogP contribution in [0.15, 0.2) is 42.5 Å². The lowest BCUT2D eigenvalue weighted by Gasteiger charge is -2.05. The number of hydrogen-bond acceptors (Lipinski definition) is 2. The van der Waals surface area contributed by atoms with Crippen LogP contribution >= 0.6 is 0 Å². The predicted octanol–water partition coefficient (Wildman–Crippen LogP) is 3.28. The van der Waals surface area contributed by atoms with Gasteiger partial charge in [-0.15, -0.1) is 0 Å². The lowest BCUT2D eigenvalue weighted by molar-refractivity contribution is 1.42. The normalized spacial score (nSPS) is 11.1. The molecule has 3 rings (SSSR count). The molecule has 0 radical (unpaired) electrons. The van der Waals surface area contributed by atoms with Crippen molar-refractivity contribution in [1.29, 1.82) is 0 Å². The molecule has 0 aliphatic heterocycles. The number of para-hydroxylation sites is 2. The van der Waals surface area contributed by atoms with E-state index in [9.17, 15) is 0 Å². The van der Waals surface area contributed by atoms with Crippen LogP contribution in [0.1, 0.15) is 5.56 Å². The van der Waals surface area contributed by atoms with Crippen molar-refractivity contribution >= 4 is 27.5 Å². The summed E-state index contributed by atoms with van der Waals surface area (Å²) >= 11 is 0. The summed E-state index contributed by atoms with van der Waals surface area (Å²) in [5, 5.41) is 2.26. The molecule has 2 nitrogen and oxygen atoms in total. The van der Waals surface area contributed by atoms with E-state index in [0.717, 1.165) is 27.5 Å². The number of aryl methyl sites for hydroxylation is 1. The third kappa shape index (κ3) is 1.23. The molecule has 0 saturated heterocycles. The molecular weight excluding hydrogens is 196 g/mol. The minimum absolute atomic E-state index is 0.739. The van der Waals surface area contributed by atoms with Crippen molar-refractivity contribution in [3.05, 3.63) is 48.0 Å². The highest BCUT2D eigenvalue weighted by molar-refractivity contribution is 5.98. The lowest BCUT2D eigenvalue weighted by Crippen LogP contribution is -1.91. The third-order valence-electron chi connectivity index (χ3n) is 2.90. The van der Waals surface area contributed by atoms with Crippen LogP contribution in [0, 0.1) is 6.92 Å². The van der Waals surface area contributed by atoms with Crippen LogP contribution in [0.5, 0.6) is 0 Å². The molecule has 2 heteroatoms. The second-order valence-corrected chi connectivity index (χ2v) is 4.05. The summed E-state index contributed by atoms with van der Waals surface area (Å²) < 4.78 is 0. The fraction of sp³-hybridized carbons (Fsp3) is 0.0714. The van der Waals surface area contributed by atoms with Crippen LogP contribution < -0.4 is 5.73 Å². The summed E-state index contributed by atoms with van der Waals surface area (Å²) in [6.07, 6.45) is 0. The van der Waals surface area contributed by atoms with Gasteiger partial charge in [-0.25, -0.2) is 4.98 Å². The van der Waals surface area contributed by atoms with Crippen molar-refractivity contribution in [2.24, 2.45) is 0 Å². The standard InChI is InChI=1S/C14H12N2/c1-9-4-2-5-10-8-11-6-3-7-12(15)14(11)16-13(9)10/h2-8H,15H2,1H3. The van der Waals surface area contributed by atoms with E-state index in [1.807, 2.05) is 18.2 Å². The molecule has 0 aliphatic carbocycles. The predicted molar refractivity (Wildman–Crippen MR) is 68.4 cm³/mol. The molecular formula is C14H12N2. The fourth-order valence-electron chi connectivity index (χ4n) is 2.06. The van der Waals surface area contributed by atoms with Gasteiger partial charge in [0.1, 0.15) is 0 Å². The zero-order valence-electron chi connectivity index (χ0n) is 9.07. The fourth-order valence-corrected chi connectivity index (χ4v) is 2.06. The average molecular weight is 208 g/mol. The first-order valence-electron chi connectivity index (χ1n) is 5.30. The SMILES string of the molecule is Cc1cccc2cc3cccc(N)c3nc12. The van der Waals surface area contributed by atoms with Crippen LogP contribution in [-0.2, 0) is 0 Å². The summed E-state index contributed by atoms with van der Waals surface area (Å²) in [7, 11) is 0. The smallest absolute Gasteiger partial charge is 0.0938 e. The Balaban J connectivity index is 2.55. The van der Waals surface area contributed by atoms with Crippen LogP contribution in [0.2, 0.25) is 0 Å². The molecule has 1 aromatic heterocycles. The number of hydrogen-bond donors (Lipinski definition) is 1. The van der Waals surface area contributed by atoms with Gasteiger partial charge in [-0.05, 0) is 24.6 Å². The highest BCUT2D eigenvalue weighted by atomic mass is 14.7. The highest BCUT2D eigenvalue weighted by Gasteiger charge is 2.03. The zero-order valence-corrected chi connectivity index (χ0v) is 9.07. The Hall–Kier alpha value is -2.09. The van der Waals surface area contributed by atoms with Crippen molar-refractivity contribution in [3.63, 3.8) is 0 Å². The van der Waals surface area contributed by atoms with E-state index in [1.54, 1.807) is 0 Å². The molecule has 78 valence electrons. The van der Waals surface area contributed by atoms with Crippen LogP contribution in [-0.4, -0.2) is 4.98 Å². The van der Waals surface area contributed by atoms with E-state index in [4.69, 9.17) is 5.73 Å². The number of fused-ring (bicyclic) bond motifs is 2. The number of pyridine rings is 1. The maximum absolute atomic E-state index is 5.93. The third-order valence-corrected chi connectivity index (χ3v) is 2.90. The molecule has 0 unspecified atom stereocenters. The molecule has 0 bridgehead atoms. The van der Waals surface area contributed by atoms with Crippen molar-refractivity contribution in [3.8, 4) is 0 Å². The first kappa shape index (κ1) is 9.16. The second-order valence-electron chi connectivity index (χ2n) is 4.05. The topological polar surface area (TPSA) is 38.9 Å². The maximum atomic E-state index is 5.93. The van der Waals surface area contributed by atoms with Crippen molar-refractivity contribution < 1.29 is 0 Å². The summed E-state index contributed by atoms with van der Waals surface area (Å²) in [5.41, 5.74) is 9.78. The van der Waals surface area contributed by atoms with Gasteiger partial charge in [0.05, 0.1) is 16.7 Å². The van der Waals surface area contributed by atoms with Gasteiger partial charge in [0.15, 0.2) is 0 Å². The number of aromatic nitrogens is 1. The van der Waals surface area contributed by atoms with Gasteiger partial charge in [-0.1, -0.05) is 30.3 Å². The minimum Gasteiger partial charge on any atom is -0.397 e. The van der Waals surface area contributed by atoms with Crippen molar-refractivity contribution in [2.75, 3.05) is 5.73 Å². The van der Waals surface area contributed by atoms with E-state index in [0.29, 0.717) is 0 Å². The average Bonchev–Trinajstić information content (AvgIpc) is 2.28. The minimum atomic E-state index is 0.739. The van der Waals surface area contributed by atoms with Gasteiger partial charge >= 0.3 is 0 Å². The Labute approximate surface area is 93.7 Å². The number of nitrogens with zero attached hydrogens (tertiary/aromatic N) is 1. The molecule has 1 heterocycles. The largest absolute Gasteiger partial charge is 0.397 e. The number of benzene rings is 2. The molecule has 0 spiro atoms. The Bertz CT molecular complexity index is 630. The van der Waals surface area contributed by atoms with Gasteiger partial charge in [-0.3, -0.25) is 0 Å². The molecule has 0 atom stereocenters. The first-order chi connectivity index (χ1) is 7.75. The summed E-state index contributed by atoms with van der Waals surface area (Å²) in [6, 6.07) is 14.2. The van der Waals surface area contributed by atoms with E-state index in [2.05, 4.69) is 36.2 Å². The van der Waals surface area contributed by atoms with E-state index < -0.39 is 0 Å². The van der Waals surface area contributed by atoms with Gasteiger partial charge in [0.2, 0.25) is 0 Å². The van der Waals surface area contributed by atoms with Crippen molar-refractivity contribution in [1.82, 2.24) is 4.98 Å². The van der Waals surface area contributed by atoms with Crippen LogP contribution in [0.25, 0.3) is 21.8 Å². The van der Waals surface area contributed by atoms with E-state index in [-0.39, 0.29) is 0 Å². The number of nitrogens with two attached hydrogens (primary N) is 1. The molecule has 16 heavy (non-hydrogen) atoms. The summed E-state index contributed by atoms with van der Waals surface area (Å²) in [4.78, 5) is 4.65. The Kier molecular flexibility index (Phi) is 1.83. The number of anilines is 1. The van der Waals surface area contributed by atoms with Crippen LogP contribution in [0.3, 0.4) is 0 Å². The monoisotopic (exact) mass is 208 g/mol. The van der Waals surface area contributed by atoms with E-state index >= 15 is 0 Å². The van der Waals surface area contributed by atoms with Gasteiger partial charge in [0, 0.05) is 10.8 Å². The summed E-state index contributed by atoms with van der Waals surface area (Å²) in [6.45, 7) is 2.07. The molecule has 2 N–H and O–H groups in total. The molecule has 0 saturated carbocycles. The highest BCUT2D eigenvalue weighted by Crippen LogP contribution is 2.25. The molecule has 0 fully saturated rings. The zero-order chi connectivity index (χ0) is 11.1. The van der Waals surface area contributed by atoms with Gasteiger partial charge < -0.3 is 5.73 Å². The number of nitrogen functional groups attached to an aromatic ring is 1. The molecule has 0 amide bonds. The Morgan fingerprint density at radius 1 is 0.938 bits per heavy atom. The van der Waals surface area contributed by atoms with Gasteiger partial charge in [-0.2, -0.15) is 0 Å². The number of rotatable bonds is 0. The summed E-state index contributed by atoms with van der Waals surface area (Å²) in [5.74, 6) is 0. The Morgan fingerprint density at radius 3 is 2.44 bits per heavy atom. The molecule has 2 aromatic carbocycles. The molecule has 3 aromatic rings. The van der Waals surface area contributed by atoms with Crippen LogP contribution in [0.4, 0.5) is 5.69 Å². The lowest BCUT2D eigenvalue weighted by atomic mass is 10.1. The first-order valence-corrected chi connectivity index (χ1v) is 5.30. The molecule has 0 aliphatic rings. The van der Waals surface area contributed by atoms with Gasteiger partial charge in [0.25, 0.3) is 0 Å².